The third-order valence-corrected chi connectivity index (χ3v) is 5.78. The predicted molar refractivity (Wildman–Crippen MR) is 127 cm³/mol. The second-order valence-corrected chi connectivity index (χ2v) is 8.43. The molecule has 3 rings (SSSR count). The standard InChI is InChI=1S/C20H22BrN7O2S/c1-12-4-6-16(8-13(12)2)24-18(29)11-31-20-27-26-19(28(20)22)25-23-10-14-9-15(21)5-7-17(14)30-3/h4-10H,11,22H2,1-3H3,(H,24,29)(H,25,26)/b23-10+. The van der Waals surface area contributed by atoms with Gasteiger partial charge in [-0.25, -0.2) is 10.1 Å². The molecule has 0 spiro atoms. The molecule has 3 aromatic rings. The summed E-state index contributed by atoms with van der Waals surface area (Å²) in [6, 6.07) is 11.3. The summed E-state index contributed by atoms with van der Waals surface area (Å²) in [6.07, 6.45) is 1.59. The number of aromatic nitrogens is 3. The van der Waals surface area contributed by atoms with Crippen molar-refractivity contribution in [3.63, 3.8) is 0 Å². The largest absolute Gasteiger partial charge is 0.496 e. The van der Waals surface area contributed by atoms with Crippen molar-refractivity contribution in [2.75, 3.05) is 29.4 Å². The molecule has 0 aliphatic heterocycles. The number of anilines is 2. The van der Waals surface area contributed by atoms with Gasteiger partial charge in [0, 0.05) is 15.7 Å². The Bertz CT molecular complexity index is 1120. The number of nitrogens with zero attached hydrogens (tertiary/aromatic N) is 4. The number of nitrogen functional groups attached to an aromatic ring is 1. The van der Waals surface area contributed by atoms with Crippen molar-refractivity contribution in [1.82, 2.24) is 14.9 Å². The van der Waals surface area contributed by atoms with Crippen molar-refractivity contribution < 1.29 is 9.53 Å². The van der Waals surface area contributed by atoms with Gasteiger partial charge >= 0.3 is 0 Å². The summed E-state index contributed by atoms with van der Waals surface area (Å²) in [4.78, 5) is 12.2. The Balaban J connectivity index is 1.57. The number of benzene rings is 2. The van der Waals surface area contributed by atoms with Crippen LogP contribution in [0.3, 0.4) is 0 Å². The Hall–Kier alpha value is -3.05. The quantitative estimate of drug-likeness (QED) is 0.186. The molecule has 0 aliphatic carbocycles. The number of carbonyl (C=O) groups excluding carboxylic acids is 1. The topological polar surface area (TPSA) is 119 Å². The number of hydrogen-bond acceptors (Lipinski definition) is 8. The monoisotopic (exact) mass is 503 g/mol. The lowest BCUT2D eigenvalue weighted by Gasteiger charge is -2.07. The lowest BCUT2D eigenvalue weighted by Crippen LogP contribution is -2.17. The number of amides is 1. The summed E-state index contributed by atoms with van der Waals surface area (Å²) in [6.45, 7) is 4.02. The van der Waals surface area contributed by atoms with Gasteiger partial charge in [-0.2, -0.15) is 5.10 Å². The van der Waals surface area contributed by atoms with Crippen molar-refractivity contribution in [2.24, 2.45) is 5.10 Å². The maximum absolute atomic E-state index is 12.2. The third kappa shape index (κ3) is 5.98. The number of nitrogens with one attached hydrogen (secondary N) is 2. The van der Waals surface area contributed by atoms with Crippen LogP contribution >= 0.6 is 27.7 Å². The van der Waals surface area contributed by atoms with E-state index in [1.807, 2.05) is 50.2 Å². The molecule has 0 fully saturated rings. The summed E-state index contributed by atoms with van der Waals surface area (Å²) in [5.41, 5.74) is 6.55. The van der Waals surface area contributed by atoms with Crippen LogP contribution in [0.1, 0.15) is 16.7 Å². The molecular weight excluding hydrogens is 482 g/mol. The molecule has 0 radical (unpaired) electrons. The van der Waals surface area contributed by atoms with E-state index in [2.05, 4.69) is 42.0 Å². The molecule has 0 aliphatic rings. The van der Waals surface area contributed by atoms with Gasteiger partial charge in [0.1, 0.15) is 5.75 Å². The number of hydrogen-bond donors (Lipinski definition) is 3. The van der Waals surface area contributed by atoms with Crippen molar-refractivity contribution in [1.29, 1.82) is 0 Å². The van der Waals surface area contributed by atoms with Gasteiger partial charge in [0.05, 0.1) is 19.1 Å². The van der Waals surface area contributed by atoms with Crippen LogP contribution in [0.5, 0.6) is 5.75 Å². The van der Waals surface area contributed by atoms with E-state index >= 15 is 0 Å². The lowest BCUT2D eigenvalue weighted by atomic mass is 10.1. The molecule has 2 aromatic carbocycles. The molecule has 0 unspecified atom stereocenters. The fraction of sp³-hybridized carbons (Fsp3) is 0.200. The van der Waals surface area contributed by atoms with E-state index in [-0.39, 0.29) is 17.6 Å². The number of carbonyl (C=O) groups is 1. The van der Waals surface area contributed by atoms with Gasteiger partial charge in [0.25, 0.3) is 5.95 Å². The molecule has 1 aromatic heterocycles. The van der Waals surface area contributed by atoms with Crippen molar-refractivity contribution >= 4 is 51.4 Å². The Morgan fingerprint density at radius 2 is 2.06 bits per heavy atom. The molecule has 31 heavy (non-hydrogen) atoms. The third-order valence-electron chi connectivity index (χ3n) is 4.35. The number of rotatable bonds is 8. The van der Waals surface area contributed by atoms with E-state index in [1.165, 1.54) is 22.0 Å². The van der Waals surface area contributed by atoms with E-state index in [0.29, 0.717) is 10.9 Å². The number of halogens is 1. The Kier molecular flexibility index (Phi) is 7.53. The van der Waals surface area contributed by atoms with E-state index in [4.69, 9.17) is 10.6 Å². The number of hydrazone groups is 1. The summed E-state index contributed by atoms with van der Waals surface area (Å²) in [7, 11) is 1.59. The maximum atomic E-state index is 12.2. The van der Waals surface area contributed by atoms with Crippen LogP contribution in [0.4, 0.5) is 11.6 Å². The van der Waals surface area contributed by atoms with Crippen LogP contribution in [0, 0.1) is 13.8 Å². The smallest absolute Gasteiger partial charge is 0.264 e. The highest BCUT2D eigenvalue weighted by Gasteiger charge is 2.12. The fourth-order valence-electron chi connectivity index (χ4n) is 2.56. The van der Waals surface area contributed by atoms with Crippen LogP contribution in [-0.4, -0.2) is 39.9 Å². The van der Waals surface area contributed by atoms with Gasteiger partial charge in [0.15, 0.2) is 0 Å². The summed E-state index contributed by atoms with van der Waals surface area (Å²) >= 11 is 4.59. The SMILES string of the molecule is COc1ccc(Br)cc1/C=N/Nc1nnc(SCC(=O)Nc2ccc(C)c(C)c2)n1N. The molecule has 1 heterocycles. The van der Waals surface area contributed by atoms with Crippen LogP contribution in [0.2, 0.25) is 0 Å². The van der Waals surface area contributed by atoms with Crippen molar-refractivity contribution in [2.45, 2.75) is 19.0 Å². The first-order valence-corrected chi connectivity index (χ1v) is 11.0. The first-order chi connectivity index (χ1) is 14.9. The minimum atomic E-state index is -0.162. The van der Waals surface area contributed by atoms with Crippen LogP contribution < -0.4 is 21.3 Å². The average molecular weight is 504 g/mol. The van der Waals surface area contributed by atoms with Gasteiger partial charge in [-0.05, 0) is 55.3 Å². The Labute approximate surface area is 192 Å². The Morgan fingerprint density at radius 1 is 1.26 bits per heavy atom. The van der Waals surface area contributed by atoms with Crippen LogP contribution in [0.25, 0.3) is 0 Å². The van der Waals surface area contributed by atoms with Gasteiger partial charge in [-0.1, -0.05) is 33.8 Å². The first kappa shape index (κ1) is 22.6. The van der Waals surface area contributed by atoms with Crippen LogP contribution in [0.15, 0.2) is 51.1 Å². The summed E-state index contributed by atoms with van der Waals surface area (Å²) < 4.78 is 7.44. The summed E-state index contributed by atoms with van der Waals surface area (Å²) in [5, 5.41) is 15.3. The zero-order valence-corrected chi connectivity index (χ0v) is 19.6. The zero-order chi connectivity index (χ0) is 22.4. The molecular formula is C20H22BrN7O2S. The minimum Gasteiger partial charge on any atom is -0.496 e. The number of nitrogens with two attached hydrogens (primary N) is 1. The first-order valence-electron chi connectivity index (χ1n) is 9.20. The van der Waals surface area contributed by atoms with Crippen molar-refractivity contribution in [3.8, 4) is 5.75 Å². The second-order valence-electron chi connectivity index (χ2n) is 6.57. The molecule has 9 nitrogen and oxygen atoms in total. The fourth-order valence-corrected chi connectivity index (χ4v) is 3.60. The van der Waals surface area contributed by atoms with Gasteiger partial charge < -0.3 is 15.9 Å². The minimum absolute atomic E-state index is 0.140. The molecule has 0 bridgehead atoms. The molecule has 0 atom stereocenters. The van der Waals surface area contributed by atoms with Crippen molar-refractivity contribution in [3.05, 3.63) is 57.6 Å². The highest BCUT2D eigenvalue weighted by Crippen LogP contribution is 2.22. The maximum Gasteiger partial charge on any atom is 0.264 e. The molecule has 0 saturated heterocycles. The number of thioether (sulfide) groups is 1. The summed E-state index contributed by atoms with van der Waals surface area (Å²) in [5.74, 6) is 6.90. The van der Waals surface area contributed by atoms with E-state index in [9.17, 15) is 4.79 Å². The normalized spacial score (nSPS) is 11.0. The highest BCUT2D eigenvalue weighted by molar-refractivity contribution is 9.10. The second kappa shape index (κ2) is 10.3. The molecule has 11 heteroatoms. The Morgan fingerprint density at radius 3 is 2.81 bits per heavy atom. The highest BCUT2D eigenvalue weighted by atomic mass is 79.9. The lowest BCUT2D eigenvalue weighted by molar-refractivity contribution is -0.113. The molecule has 162 valence electrons. The number of aryl methyl sites for hydroxylation is 2. The van der Waals surface area contributed by atoms with Gasteiger partial charge in [-0.3, -0.25) is 4.79 Å². The predicted octanol–water partition coefficient (Wildman–Crippen LogP) is 3.56. The van der Waals surface area contributed by atoms with E-state index in [1.54, 1.807) is 13.3 Å². The zero-order valence-electron chi connectivity index (χ0n) is 17.2. The van der Waals surface area contributed by atoms with Gasteiger partial charge in [0.2, 0.25) is 11.1 Å². The molecule has 1 amide bonds. The number of methoxy groups -OCH3 is 1. The van der Waals surface area contributed by atoms with Crippen LogP contribution in [-0.2, 0) is 4.79 Å². The van der Waals surface area contributed by atoms with Gasteiger partial charge in [-0.15, -0.1) is 10.2 Å². The number of ether oxygens (including phenoxy) is 1. The van der Waals surface area contributed by atoms with E-state index < -0.39 is 0 Å². The molecule has 4 N–H and O–H groups in total. The average Bonchev–Trinajstić information content (AvgIpc) is 3.09. The van der Waals surface area contributed by atoms with E-state index in [0.717, 1.165) is 21.3 Å². The molecule has 0 saturated carbocycles.